The molecule has 0 aliphatic heterocycles. The number of aromatic nitrogens is 3. The Bertz CT molecular complexity index is 2800. The van der Waals surface area contributed by atoms with E-state index in [1.807, 2.05) is 0 Å². The van der Waals surface area contributed by atoms with Gasteiger partial charge in [-0.3, -0.25) is 0 Å². The van der Waals surface area contributed by atoms with Gasteiger partial charge in [0.15, 0.2) is 17.5 Å². The van der Waals surface area contributed by atoms with E-state index in [1.54, 1.807) is 0 Å². The van der Waals surface area contributed by atoms with Crippen molar-refractivity contribution in [1.29, 1.82) is 0 Å². The molecule has 6 aromatic rings. The van der Waals surface area contributed by atoms with E-state index in [-0.39, 0.29) is 5.92 Å². The zero-order valence-corrected chi connectivity index (χ0v) is 30.9. The maximum absolute atomic E-state index is 6.82. The van der Waals surface area contributed by atoms with Gasteiger partial charge in [0.2, 0.25) is 0 Å². The summed E-state index contributed by atoms with van der Waals surface area (Å²) in [6, 6.07) is 28.6. The minimum atomic E-state index is 0.225. The highest BCUT2D eigenvalue weighted by molar-refractivity contribution is 5.99. The molecule has 55 heavy (non-hydrogen) atoms. The fraction of sp³-hybridized carbons (Fsp3) is 0.196. The molecule has 0 radical (unpaired) electrons. The first-order valence-electron chi connectivity index (χ1n) is 20.0. The van der Waals surface area contributed by atoms with Crippen molar-refractivity contribution in [1.82, 2.24) is 15.0 Å². The summed E-state index contributed by atoms with van der Waals surface area (Å²) >= 11 is 0. The molecule has 4 aromatic carbocycles. The summed E-state index contributed by atoms with van der Waals surface area (Å²) in [5.74, 6) is 3.49. The van der Waals surface area contributed by atoms with Crippen LogP contribution in [0, 0.1) is 0 Å². The molecule has 0 saturated heterocycles. The average Bonchev–Trinajstić information content (AvgIpc) is 3.65. The summed E-state index contributed by atoms with van der Waals surface area (Å²) in [7, 11) is 0. The fourth-order valence-corrected chi connectivity index (χ4v) is 9.31. The van der Waals surface area contributed by atoms with Crippen molar-refractivity contribution >= 4 is 50.6 Å². The Balaban J connectivity index is 1.05. The van der Waals surface area contributed by atoms with Crippen molar-refractivity contribution in [3.05, 3.63) is 178 Å². The topological polar surface area (TPSA) is 51.8 Å². The van der Waals surface area contributed by atoms with Gasteiger partial charge in [0.05, 0.1) is 0 Å². The number of rotatable bonds is 5. The molecular weight excluding hydrogens is 671 g/mol. The first-order chi connectivity index (χ1) is 27.2. The SMILES string of the molecule is C1=CC2=C(C=C(c3nc(C4=CC=C(c5ccc6ccccc6c5)CC4)nc(-c4ccc(C5C=Cc6ccccc6C5)c5oc6c(c45)CCC=C6)n3)CC2)CC1. The number of aryl methyl sites for hydroxylation is 1. The van der Waals surface area contributed by atoms with Crippen LogP contribution in [0.25, 0.3) is 62.0 Å². The van der Waals surface area contributed by atoms with Gasteiger partial charge >= 0.3 is 0 Å². The molecule has 0 N–H and O–H groups in total. The van der Waals surface area contributed by atoms with Gasteiger partial charge in [0.1, 0.15) is 11.3 Å². The first kappa shape index (κ1) is 32.3. The van der Waals surface area contributed by atoms with E-state index in [2.05, 4.69) is 134 Å². The highest BCUT2D eigenvalue weighted by atomic mass is 16.3. The lowest BCUT2D eigenvalue weighted by Crippen LogP contribution is -2.09. The molecule has 2 heterocycles. The van der Waals surface area contributed by atoms with Gasteiger partial charge in [-0.2, -0.15) is 0 Å². The van der Waals surface area contributed by atoms with Crippen molar-refractivity contribution in [3.8, 4) is 11.4 Å². The Morgan fingerprint density at radius 1 is 0.600 bits per heavy atom. The van der Waals surface area contributed by atoms with Crippen LogP contribution in [0.15, 0.2) is 137 Å². The van der Waals surface area contributed by atoms with E-state index >= 15 is 0 Å². The zero-order valence-electron chi connectivity index (χ0n) is 30.9. The molecule has 1 unspecified atom stereocenters. The monoisotopic (exact) mass is 711 g/mol. The quantitative estimate of drug-likeness (QED) is 0.179. The van der Waals surface area contributed by atoms with Gasteiger partial charge in [0, 0.05) is 28.0 Å². The normalized spacial score (nSPS) is 18.8. The standard InChI is InChI=1S/C51H41N3O/c1-4-12-37-29-40(24-19-32(37)9-1)35-17-22-36(23-18-35)49-52-50(42-26-21-34-11-3-6-14-39(34)31-42)54-51(53-49)45-28-27-43(41-25-20-33-10-2-5-13-38(33)30-41)48-47(45)44-15-7-8-16-46(44)55-48/h1-5,8-13,16-17,19-20,22,24-25,27-29,31,41H,6-7,14-15,18,21,23,26,30H2. The summed E-state index contributed by atoms with van der Waals surface area (Å²) in [6.45, 7) is 0. The summed E-state index contributed by atoms with van der Waals surface area (Å²) in [5.41, 5.74) is 15.0. The van der Waals surface area contributed by atoms with E-state index in [0.29, 0.717) is 0 Å². The zero-order chi connectivity index (χ0) is 36.3. The predicted octanol–water partition coefficient (Wildman–Crippen LogP) is 12.8. The van der Waals surface area contributed by atoms with Crippen LogP contribution in [-0.4, -0.2) is 15.0 Å². The van der Waals surface area contributed by atoms with Gasteiger partial charge in [-0.15, -0.1) is 0 Å². The van der Waals surface area contributed by atoms with E-state index in [0.717, 1.165) is 103 Å². The third-order valence-corrected chi connectivity index (χ3v) is 12.3. The first-order valence-corrected chi connectivity index (χ1v) is 20.0. The molecule has 266 valence electrons. The van der Waals surface area contributed by atoms with E-state index in [4.69, 9.17) is 19.4 Å². The second-order valence-corrected chi connectivity index (χ2v) is 15.6. The lowest BCUT2D eigenvalue weighted by Gasteiger charge is -2.22. The fourth-order valence-electron chi connectivity index (χ4n) is 9.31. The van der Waals surface area contributed by atoms with Gasteiger partial charge in [0.25, 0.3) is 0 Å². The number of furan rings is 1. The summed E-state index contributed by atoms with van der Waals surface area (Å²) in [5, 5.41) is 3.70. The van der Waals surface area contributed by atoms with Gasteiger partial charge in [-0.05, 0) is 131 Å². The van der Waals surface area contributed by atoms with E-state index in [9.17, 15) is 0 Å². The molecule has 0 saturated carbocycles. The van der Waals surface area contributed by atoms with Crippen LogP contribution in [0.3, 0.4) is 0 Å². The molecule has 4 nitrogen and oxygen atoms in total. The van der Waals surface area contributed by atoms with Crippen molar-refractivity contribution in [2.45, 2.75) is 63.7 Å². The molecular formula is C51H41N3O. The molecule has 4 heteroatoms. The third-order valence-electron chi connectivity index (χ3n) is 12.3. The van der Waals surface area contributed by atoms with Crippen LogP contribution in [0.5, 0.6) is 0 Å². The molecule has 0 bridgehead atoms. The van der Waals surface area contributed by atoms with Crippen LogP contribution < -0.4 is 0 Å². The Morgan fingerprint density at radius 3 is 2.31 bits per heavy atom. The van der Waals surface area contributed by atoms with Crippen molar-refractivity contribution in [2.75, 3.05) is 0 Å². The second-order valence-electron chi connectivity index (χ2n) is 15.6. The highest BCUT2D eigenvalue weighted by Gasteiger charge is 2.28. The Morgan fingerprint density at radius 2 is 1.38 bits per heavy atom. The number of hydrogen-bond donors (Lipinski definition) is 0. The van der Waals surface area contributed by atoms with Crippen molar-refractivity contribution in [2.24, 2.45) is 0 Å². The van der Waals surface area contributed by atoms with Gasteiger partial charge in [-0.1, -0.05) is 115 Å². The lowest BCUT2D eigenvalue weighted by molar-refractivity contribution is 0.588. The molecule has 2 aromatic heterocycles. The second kappa shape index (κ2) is 13.3. The molecule has 0 fully saturated rings. The molecule has 11 rings (SSSR count). The largest absolute Gasteiger partial charge is 0.456 e. The Hall–Kier alpha value is -6.13. The smallest absolute Gasteiger partial charge is 0.164 e. The van der Waals surface area contributed by atoms with Crippen LogP contribution in [-0.2, 0) is 12.8 Å². The summed E-state index contributed by atoms with van der Waals surface area (Å²) in [4.78, 5) is 16.0. The predicted molar refractivity (Wildman–Crippen MR) is 226 cm³/mol. The molecule has 0 spiro atoms. The van der Waals surface area contributed by atoms with Crippen LogP contribution in [0.1, 0.15) is 96.1 Å². The van der Waals surface area contributed by atoms with E-state index in [1.165, 1.54) is 60.9 Å². The maximum atomic E-state index is 6.82. The number of allylic oxidation sites excluding steroid dienone is 12. The molecule has 5 aliphatic carbocycles. The summed E-state index contributed by atoms with van der Waals surface area (Å²) < 4.78 is 6.82. The number of benzene rings is 4. The minimum Gasteiger partial charge on any atom is -0.456 e. The number of fused-ring (bicyclic) bond motifs is 5. The molecule has 1 atom stereocenters. The van der Waals surface area contributed by atoms with Gasteiger partial charge in [-0.25, -0.2) is 15.0 Å². The lowest BCUT2D eigenvalue weighted by atomic mass is 9.83. The van der Waals surface area contributed by atoms with Gasteiger partial charge < -0.3 is 4.42 Å². The average molecular weight is 712 g/mol. The Labute approximate surface area is 321 Å². The van der Waals surface area contributed by atoms with Crippen LogP contribution >= 0.6 is 0 Å². The van der Waals surface area contributed by atoms with Crippen molar-refractivity contribution in [3.63, 3.8) is 0 Å². The summed E-state index contributed by atoms with van der Waals surface area (Å²) in [6.07, 6.45) is 29.3. The third kappa shape index (κ3) is 5.79. The van der Waals surface area contributed by atoms with Crippen LogP contribution in [0.4, 0.5) is 0 Å². The number of nitrogens with zero attached hydrogens (tertiary/aromatic N) is 3. The maximum Gasteiger partial charge on any atom is 0.164 e. The van der Waals surface area contributed by atoms with Crippen molar-refractivity contribution < 1.29 is 4.42 Å². The number of hydrogen-bond acceptors (Lipinski definition) is 4. The van der Waals surface area contributed by atoms with Crippen LogP contribution in [0.2, 0.25) is 0 Å². The minimum absolute atomic E-state index is 0.225. The highest BCUT2D eigenvalue weighted by Crippen LogP contribution is 2.44. The molecule has 5 aliphatic rings. The van der Waals surface area contributed by atoms with E-state index < -0.39 is 0 Å². The Kier molecular flexibility index (Phi) is 7.82. The molecule has 0 amide bonds.